The zero-order chi connectivity index (χ0) is 20.3. The summed E-state index contributed by atoms with van der Waals surface area (Å²) in [6.07, 6.45) is 0. The van der Waals surface area contributed by atoms with Gasteiger partial charge in [-0.3, -0.25) is 9.69 Å². The third-order valence-electron chi connectivity index (χ3n) is 4.90. The summed E-state index contributed by atoms with van der Waals surface area (Å²) in [6, 6.07) is 12.3. The van der Waals surface area contributed by atoms with Gasteiger partial charge in [0.25, 0.3) is 5.91 Å². The summed E-state index contributed by atoms with van der Waals surface area (Å²) in [5, 5.41) is 2.78. The molecule has 1 N–H and O–H groups in total. The van der Waals surface area contributed by atoms with E-state index in [1.165, 1.54) is 19.1 Å². The van der Waals surface area contributed by atoms with Crippen LogP contribution in [0.5, 0.6) is 17.2 Å². The second-order valence-corrected chi connectivity index (χ2v) is 6.70. The first-order valence-electron chi connectivity index (χ1n) is 8.95. The van der Waals surface area contributed by atoms with Crippen LogP contribution in [-0.2, 0) is 10.3 Å². The lowest BCUT2D eigenvalue weighted by Gasteiger charge is -2.23. The van der Waals surface area contributed by atoms with Crippen molar-refractivity contribution in [1.82, 2.24) is 10.2 Å². The number of imide groups is 1. The van der Waals surface area contributed by atoms with E-state index in [9.17, 15) is 9.59 Å². The number of methoxy groups -OCH3 is 2. The number of benzene rings is 2. The average molecular weight is 384 g/mol. The van der Waals surface area contributed by atoms with Crippen LogP contribution < -0.4 is 19.5 Å². The zero-order valence-electron chi connectivity index (χ0n) is 16.4. The molecule has 2 aromatic carbocycles. The molecule has 0 spiro atoms. The summed E-state index contributed by atoms with van der Waals surface area (Å²) in [5.74, 6) is 1.44. The largest absolute Gasteiger partial charge is 0.493 e. The van der Waals surface area contributed by atoms with Crippen LogP contribution in [0.3, 0.4) is 0 Å². The molecule has 7 nitrogen and oxygen atoms in total. The van der Waals surface area contributed by atoms with Gasteiger partial charge in [-0.2, -0.15) is 0 Å². The van der Waals surface area contributed by atoms with E-state index in [0.29, 0.717) is 17.1 Å². The lowest BCUT2D eigenvalue weighted by Crippen LogP contribution is -2.41. The van der Waals surface area contributed by atoms with Crippen molar-refractivity contribution in [2.75, 3.05) is 27.4 Å². The van der Waals surface area contributed by atoms with E-state index in [4.69, 9.17) is 14.2 Å². The van der Waals surface area contributed by atoms with Crippen molar-refractivity contribution >= 4 is 11.9 Å². The molecule has 1 saturated heterocycles. The number of amides is 3. The lowest BCUT2D eigenvalue weighted by molar-refractivity contribution is -0.131. The second kappa shape index (κ2) is 7.80. The molecule has 0 aromatic heterocycles. The first kappa shape index (κ1) is 19.5. The Morgan fingerprint density at radius 3 is 2.39 bits per heavy atom. The Balaban J connectivity index is 1.74. The number of nitrogens with one attached hydrogen (secondary N) is 1. The molecule has 1 fully saturated rings. The Bertz CT molecular complexity index is 898. The summed E-state index contributed by atoms with van der Waals surface area (Å²) >= 11 is 0. The number of urea groups is 1. The molecule has 0 radical (unpaired) electrons. The maximum atomic E-state index is 13.0. The molecule has 1 heterocycles. The number of ether oxygens (including phenoxy) is 3. The molecular formula is C21H24N2O5. The van der Waals surface area contributed by atoms with Gasteiger partial charge in [-0.15, -0.1) is 0 Å². The SMILES string of the molecule is COc1ccc(C2(C)NC(=O)N(CCOc3ccccc3C)C2=O)cc1OC. The van der Waals surface area contributed by atoms with Gasteiger partial charge in [0.1, 0.15) is 17.9 Å². The van der Waals surface area contributed by atoms with E-state index in [1.807, 2.05) is 31.2 Å². The van der Waals surface area contributed by atoms with Crippen molar-refractivity contribution in [3.63, 3.8) is 0 Å². The third kappa shape index (κ3) is 3.47. The van der Waals surface area contributed by atoms with Crippen LogP contribution in [-0.4, -0.2) is 44.2 Å². The first-order chi connectivity index (χ1) is 13.4. The first-order valence-corrected chi connectivity index (χ1v) is 8.95. The predicted octanol–water partition coefficient (Wildman–Crippen LogP) is 2.86. The molecule has 2 aromatic rings. The van der Waals surface area contributed by atoms with E-state index in [-0.39, 0.29) is 19.1 Å². The van der Waals surface area contributed by atoms with Crippen molar-refractivity contribution in [2.24, 2.45) is 0 Å². The van der Waals surface area contributed by atoms with Crippen molar-refractivity contribution in [2.45, 2.75) is 19.4 Å². The fourth-order valence-electron chi connectivity index (χ4n) is 3.21. The van der Waals surface area contributed by atoms with Gasteiger partial charge in [0.15, 0.2) is 11.5 Å². The Morgan fingerprint density at radius 2 is 1.71 bits per heavy atom. The van der Waals surface area contributed by atoms with Gasteiger partial charge in [-0.25, -0.2) is 4.79 Å². The maximum Gasteiger partial charge on any atom is 0.325 e. The number of rotatable bonds is 7. The van der Waals surface area contributed by atoms with Crippen LogP contribution in [0.4, 0.5) is 4.79 Å². The minimum atomic E-state index is -1.18. The number of para-hydroxylation sites is 1. The number of carbonyl (C=O) groups excluding carboxylic acids is 2. The van der Waals surface area contributed by atoms with Gasteiger partial charge in [0, 0.05) is 0 Å². The summed E-state index contributed by atoms with van der Waals surface area (Å²) in [6.45, 7) is 3.99. The lowest BCUT2D eigenvalue weighted by atomic mass is 9.91. The van der Waals surface area contributed by atoms with Crippen molar-refractivity contribution < 1.29 is 23.8 Å². The van der Waals surface area contributed by atoms with Crippen LogP contribution >= 0.6 is 0 Å². The average Bonchev–Trinajstić information content (AvgIpc) is 2.92. The Labute approximate surface area is 164 Å². The number of hydrogen-bond acceptors (Lipinski definition) is 5. The number of nitrogens with zero attached hydrogens (tertiary/aromatic N) is 1. The van der Waals surface area contributed by atoms with Crippen molar-refractivity contribution in [1.29, 1.82) is 0 Å². The molecular weight excluding hydrogens is 360 g/mol. The molecule has 1 aliphatic heterocycles. The normalized spacial score (nSPS) is 18.8. The molecule has 0 bridgehead atoms. The number of hydrogen-bond donors (Lipinski definition) is 1. The fourth-order valence-corrected chi connectivity index (χ4v) is 3.21. The smallest absolute Gasteiger partial charge is 0.325 e. The molecule has 3 rings (SSSR count). The fraction of sp³-hybridized carbons (Fsp3) is 0.333. The number of aryl methyl sites for hydroxylation is 1. The highest BCUT2D eigenvalue weighted by atomic mass is 16.5. The van der Waals surface area contributed by atoms with E-state index in [1.54, 1.807) is 25.1 Å². The van der Waals surface area contributed by atoms with Crippen LogP contribution in [0.15, 0.2) is 42.5 Å². The van der Waals surface area contributed by atoms with Crippen LogP contribution in [0.2, 0.25) is 0 Å². The van der Waals surface area contributed by atoms with Gasteiger partial charge in [0.05, 0.1) is 20.8 Å². The molecule has 1 aliphatic rings. The van der Waals surface area contributed by atoms with Gasteiger partial charge >= 0.3 is 6.03 Å². The minimum absolute atomic E-state index is 0.155. The molecule has 28 heavy (non-hydrogen) atoms. The molecule has 148 valence electrons. The molecule has 7 heteroatoms. The standard InChI is InChI=1S/C21H24N2O5/c1-14-7-5-6-8-16(14)28-12-11-23-19(24)21(2,22-20(23)25)15-9-10-17(26-3)18(13-15)27-4/h5-10,13H,11-12H2,1-4H3,(H,22,25). The van der Waals surface area contributed by atoms with Gasteiger partial charge in [0.2, 0.25) is 0 Å². The zero-order valence-corrected chi connectivity index (χ0v) is 16.4. The van der Waals surface area contributed by atoms with Crippen LogP contribution in [0.25, 0.3) is 0 Å². The quantitative estimate of drug-likeness (QED) is 0.743. The van der Waals surface area contributed by atoms with Gasteiger partial charge in [-0.05, 0) is 43.2 Å². The summed E-state index contributed by atoms with van der Waals surface area (Å²) in [4.78, 5) is 26.6. The highest BCUT2D eigenvalue weighted by molar-refractivity contribution is 6.07. The molecule has 0 aliphatic carbocycles. The third-order valence-corrected chi connectivity index (χ3v) is 4.90. The van der Waals surface area contributed by atoms with Gasteiger partial charge < -0.3 is 19.5 Å². The highest BCUT2D eigenvalue weighted by Crippen LogP contribution is 2.35. The van der Waals surface area contributed by atoms with Gasteiger partial charge in [-0.1, -0.05) is 24.3 Å². The summed E-state index contributed by atoms with van der Waals surface area (Å²) < 4.78 is 16.3. The van der Waals surface area contributed by atoms with Crippen molar-refractivity contribution in [3.05, 3.63) is 53.6 Å². The maximum absolute atomic E-state index is 13.0. The van der Waals surface area contributed by atoms with E-state index in [0.717, 1.165) is 11.3 Å². The predicted molar refractivity (Wildman–Crippen MR) is 104 cm³/mol. The molecule has 3 amide bonds. The minimum Gasteiger partial charge on any atom is -0.493 e. The number of carbonyl (C=O) groups is 2. The topological polar surface area (TPSA) is 77.1 Å². The van der Waals surface area contributed by atoms with Crippen LogP contribution in [0.1, 0.15) is 18.1 Å². The van der Waals surface area contributed by atoms with E-state index in [2.05, 4.69) is 5.32 Å². The molecule has 0 saturated carbocycles. The summed E-state index contributed by atoms with van der Waals surface area (Å²) in [5.41, 5.74) is 0.430. The second-order valence-electron chi connectivity index (χ2n) is 6.70. The van der Waals surface area contributed by atoms with Crippen molar-refractivity contribution in [3.8, 4) is 17.2 Å². The van der Waals surface area contributed by atoms with Crippen LogP contribution in [0, 0.1) is 6.92 Å². The van der Waals surface area contributed by atoms with E-state index >= 15 is 0 Å². The molecule has 1 atom stereocenters. The monoisotopic (exact) mass is 384 g/mol. The summed E-state index contributed by atoms with van der Waals surface area (Å²) in [7, 11) is 3.06. The van der Waals surface area contributed by atoms with E-state index < -0.39 is 11.6 Å². The Kier molecular flexibility index (Phi) is 5.44. The Hall–Kier alpha value is -3.22. The Morgan fingerprint density at radius 1 is 1.00 bits per heavy atom. The molecule has 1 unspecified atom stereocenters. The highest BCUT2D eigenvalue weighted by Gasteiger charge is 2.49.